The van der Waals surface area contributed by atoms with E-state index in [0.717, 1.165) is 42.1 Å². The van der Waals surface area contributed by atoms with Crippen LogP contribution in [0.2, 0.25) is 0 Å². The molecule has 2 aliphatic rings. The molecule has 2 aliphatic carbocycles. The molecule has 2 saturated carbocycles. The minimum Gasteiger partial charge on any atom is -0.330 e. The molecule has 0 amide bonds. The van der Waals surface area contributed by atoms with Crippen molar-refractivity contribution in [2.45, 2.75) is 72.1 Å². The van der Waals surface area contributed by atoms with E-state index in [9.17, 15) is 0 Å². The Labute approximate surface area is 120 Å². The Morgan fingerprint density at radius 2 is 1.74 bits per heavy atom. The number of rotatable bonds is 4. The summed E-state index contributed by atoms with van der Waals surface area (Å²) in [4.78, 5) is 0. The highest BCUT2D eigenvalue weighted by molar-refractivity contribution is 4.88. The second-order valence-electron chi connectivity index (χ2n) is 7.66. The summed E-state index contributed by atoms with van der Waals surface area (Å²) in [7, 11) is 0. The third kappa shape index (κ3) is 3.74. The summed E-state index contributed by atoms with van der Waals surface area (Å²) in [6.45, 7) is 8.20. The summed E-state index contributed by atoms with van der Waals surface area (Å²) in [6.07, 6.45) is 11.6. The summed E-state index contributed by atoms with van der Waals surface area (Å²) < 4.78 is 0. The fraction of sp³-hybridized carbons (Fsp3) is 1.00. The second-order valence-corrected chi connectivity index (χ2v) is 7.66. The minimum atomic E-state index is 0.832. The zero-order valence-corrected chi connectivity index (χ0v) is 13.4. The van der Waals surface area contributed by atoms with Gasteiger partial charge in [-0.1, -0.05) is 46.5 Å². The van der Waals surface area contributed by atoms with Crippen molar-refractivity contribution >= 4 is 0 Å². The van der Waals surface area contributed by atoms with Crippen LogP contribution in [0.4, 0.5) is 0 Å². The molecular weight excluding hydrogens is 230 g/mol. The van der Waals surface area contributed by atoms with Crippen molar-refractivity contribution < 1.29 is 0 Å². The highest BCUT2D eigenvalue weighted by Crippen LogP contribution is 2.46. The quantitative estimate of drug-likeness (QED) is 0.772. The number of hydrogen-bond acceptors (Lipinski definition) is 1. The van der Waals surface area contributed by atoms with Crippen LogP contribution in [0.5, 0.6) is 0 Å². The molecule has 112 valence electrons. The van der Waals surface area contributed by atoms with Crippen LogP contribution in [0, 0.1) is 35.5 Å². The van der Waals surface area contributed by atoms with Gasteiger partial charge in [0.05, 0.1) is 0 Å². The van der Waals surface area contributed by atoms with Gasteiger partial charge in [0.15, 0.2) is 0 Å². The van der Waals surface area contributed by atoms with Crippen molar-refractivity contribution in [1.29, 1.82) is 0 Å². The summed E-state index contributed by atoms with van der Waals surface area (Å²) in [6, 6.07) is 0. The monoisotopic (exact) mass is 265 g/mol. The average Bonchev–Trinajstić information content (AvgIpc) is 2.42. The predicted molar refractivity (Wildman–Crippen MR) is 84.0 cm³/mol. The summed E-state index contributed by atoms with van der Waals surface area (Å²) in [5.74, 6) is 5.65. The molecule has 0 aromatic carbocycles. The Morgan fingerprint density at radius 1 is 0.947 bits per heavy atom. The lowest BCUT2D eigenvalue weighted by atomic mass is 9.62. The maximum absolute atomic E-state index is 6.08. The van der Waals surface area contributed by atoms with Crippen molar-refractivity contribution in [3.05, 3.63) is 0 Å². The zero-order chi connectivity index (χ0) is 13.8. The largest absolute Gasteiger partial charge is 0.330 e. The molecule has 6 unspecified atom stereocenters. The van der Waals surface area contributed by atoms with Crippen LogP contribution in [-0.4, -0.2) is 6.54 Å². The Bertz CT molecular complexity index is 262. The van der Waals surface area contributed by atoms with Gasteiger partial charge in [0.1, 0.15) is 0 Å². The van der Waals surface area contributed by atoms with E-state index in [0.29, 0.717) is 0 Å². The lowest BCUT2D eigenvalue weighted by molar-refractivity contribution is 0.0679. The van der Waals surface area contributed by atoms with Crippen molar-refractivity contribution in [2.24, 2.45) is 41.2 Å². The van der Waals surface area contributed by atoms with Crippen LogP contribution in [0.1, 0.15) is 72.1 Å². The Hall–Kier alpha value is -0.0400. The van der Waals surface area contributed by atoms with E-state index in [1.807, 2.05) is 0 Å². The summed E-state index contributed by atoms with van der Waals surface area (Å²) in [5, 5.41) is 0. The summed E-state index contributed by atoms with van der Waals surface area (Å²) >= 11 is 0. The highest BCUT2D eigenvalue weighted by Gasteiger charge is 2.37. The molecule has 2 fully saturated rings. The normalized spacial score (nSPS) is 44.2. The molecule has 2 N–H and O–H groups in total. The minimum absolute atomic E-state index is 0.832. The third-order valence-corrected chi connectivity index (χ3v) is 6.40. The molecule has 0 radical (unpaired) electrons. The lowest BCUT2D eigenvalue weighted by Crippen LogP contribution is -2.37. The van der Waals surface area contributed by atoms with E-state index in [1.165, 1.54) is 51.4 Å². The molecule has 0 saturated heterocycles. The fourth-order valence-electron chi connectivity index (χ4n) is 4.88. The number of nitrogens with two attached hydrogens (primary N) is 1. The van der Waals surface area contributed by atoms with Gasteiger partial charge in [-0.15, -0.1) is 0 Å². The molecule has 1 nitrogen and oxygen atoms in total. The number of hydrogen-bond donors (Lipinski definition) is 1. The van der Waals surface area contributed by atoms with Crippen LogP contribution < -0.4 is 5.73 Å². The molecule has 0 aliphatic heterocycles. The third-order valence-electron chi connectivity index (χ3n) is 6.40. The predicted octanol–water partition coefficient (Wildman–Crippen LogP) is 4.85. The maximum atomic E-state index is 6.08. The standard InChI is InChI=1S/C18H35N/c1-4-5-15-7-9-17(12-19)18(11-15)16-8-6-13(2)14(3)10-16/h13-18H,4-12,19H2,1-3H3. The van der Waals surface area contributed by atoms with Gasteiger partial charge in [-0.2, -0.15) is 0 Å². The molecule has 0 heterocycles. The van der Waals surface area contributed by atoms with Gasteiger partial charge in [-0.3, -0.25) is 0 Å². The van der Waals surface area contributed by atoms with Crippen molar-refractivity contribution in [1.82, 2.24) is 0 Å². The highest BCUT2D eigenvalue weighted by atomic mass is 14.6. The fourth-order valence-corrected chi connectivity index (χ4v) is 4.88. The van der Waals surface area contributed by atoms with Gasteiger partial charge < -0.3 is 5.73 Å². The summed E-state index contributed by atoms with van der Waals surface area (Å²) in [5.41, 5.74) is 6.08. The van der Waals surface area contributed by atoms with Gasteiger partial charge in [-0.05, 0) is 67.7 Å². The van der Waals surface area contributed by atoms with E-state index in [1.54, 1.807) is 0 Å². The first-order valence-electron chi connectivity index (χ1n) is 8.85. The SMILES string of the molecule is CCCC1CCC(CN)C(C2CCC(C)C(C)C2)C1. The van der Waals surface area contributed by atoms with E-state index >= 15 is 0 Å². The van der Waals surface area contributed by atoms with Crippen molar-refractivity contribution in [3.8, 4) is 0 Å². The second kappa shape index (κ2) is 7.11. The lowest BCUT2D eigenvalue weighted by Gasteiger charge is -2.44. The smallest absolute Gasteiger partial charge is 0.00461 e. The molecule has 0 aromatic rings. The Morgan fingerprint density at radius 3 is 2.37 bits per heavy atom. The Balaban J connectivity index is 1.97. The van der Waals surface area contributed by atoms with Crippen LogP contribution in [0.15, 0.2) is 0 Å². The van der Waals surface area contributed by atoms with Gasteiger partial charge in [0, 0.05) is 0 Å². The maximum Gasteiger partial charge on any atom is -0.00461 e. The van der Waals surface area contributed by atoms with Crippen molar-refractivity contribution in [2.75, 3.05) is 6.54 Å². The Kier molecular flexibility index (Phi) is 5.74. The molecule has 0 aromatic heterocycles. The van der Waals surface area contributed by atoms with Gasteiger partial charge in [-0.25, -0.2) is 0 Å². The molecule has 19 heavy (non-hydrogen) atoms. The van der Waals surface area contributed by atoms with Crippen LogP contribution in [-0.2, 0) is 0 Å². The van der Waals surface area contributed by atoms with E-state index < -0.39 is 0 Å². The van der Waals surface area contributed by atoms with Gasteiger partial charge in [0.25, 0.3) is 0 Å². The van der Waals surface area contributed by atoms with E-state index in [2.05, 4.69) is 20.8 Å². The van der Waals surface area contributed by atoms with Crippen LogP contribution in [0.3, 0.4) is 0 Å². The van der Waals surface area contributed by atoms with Gasteiger partial charge in [0.2, 0.25) is 0 Å². The van der Waals surface area contributed by atoms with E-state index in [4.69, 9.17) is 5.73 Å². The molecule has 0 spiro atoms. The molecule has 0 bridgehead atoms. The van der Waals surface area contributed by atoms with Gasteiger partial charge >= 0.3 is 0 Å². The first-order valence-corrected chi connectivity index (χ1v) is 8.85. The molecule has 6 atom stereocenters. The molecular formula is C18H35N. The van der Waals surface area contributed by atoms with Crippen LogP contribution >= 0.6 is 0 Å². The first-order chi connectivity index (χ1) is 9.15. The van der Waals surface area contributed by atoms with Crippen molar-refractivity contribution in [3.63, 3.8) is 0 Å². The molecule has 2 rings (SSSR count). The topological polar surface area (TPSA) is 26.0 Å². The first kappa shape index (κ1) is 15.4. The van der Waals surface area contributed by atoms with Crippen LogP contribution in [0.25, 0.3) is 0 Å². The zero-order valence-electron chi connectivity index (χ0n) is 13.4. The van der Waals surface area contributed by atoms with E-state index in [-0.39, 0.29) is 0 Å². The average molecular weight is 265 g/mol. The molecule has 1 heteroatoms.